The molecule has 0 aliphatic rings. The molecule has 1 amide bonds. The van der Waals surface area contributed by atoms with Crippen molar-refractivity contribution in [3.05, 3.63) is 66.8 Å². The number of carbonyl (C=O) groups excluding carboxylic acids is 1. The van der Waals surface area contributed by atoms with E-state index in [2.05, 4.69) is 20.6 Å². The van der Waals surface area contributed by atoms with Crippen LogP contribution in [0.5, 0.6) is 11.5 Å². The largest absolute Gasteiger partial charge is 0.463 e. The van der Waals surface area contributed by atoms with Gasteiger partial charge in [0.25, 0.3) is 5.91 Å². The maximum Gasteiger partial charge on any atom is 0.276 e. The smallest absolute Gasteiger partial charge is 0.276 e. The first-order chi connectivity index (χ1) is 12.7. The van der Waals surface area contributed by atoms with Crippen molar-refractivity contribution in [3.8, 4) is 23.0 Å². The highest BCUT2D eigenvalue weighted by molar-refractivity contribution is 6.03. The fraction of sp³-hybridized carbons (Fsp3) is 0.0556. The molecule has 0 unspecified atom stereocenters. The molecule has 3 aromatic heterocycles. The highest BCUT2D eigenvalue weighted by atomic mass is 16.5. The van der Waals surface area contributed by atoms with Crippen LogP contribution in [0.1, 0.15) is 10.5 Å². The lowest BCUT2D eigenvalue weighted by molar-refractivity contribution is 0.102. The van der Waals surface area contributed by atoms with Gasteiger partial charge < -0.3 is 14.5 Å². The Balaban J connectivity index is 1.41. The maximum atomic E-state index is 12.3. The zero-order valence-electron chi connectivity index (χ0n) is 13.8. The van der Waals surface area contributed by atoms with Gasteiger partial charge in [0, 0.05) is 18.8 Å². The van der Waals surface area contributed by atoms with Gasteiger partial charge in [0.05, 0.1) is 18.7 Å². The Morgan fingerprint density at radius 2 is 2.08 bits per heavy atom. The second-order valence-corrected chi connectivity index (χ2v) is 5.57. The molecule has 8 nitrogen and oxygen atoms in total. The van der Waals surface area contributed by atoms with Crippen LogP contribution in [0.25, 0.3) is 11.5 Å². The van der Waals surface area contributed by atoms with Crippen molar-refractivity contribution < 1.29 is 13.9 Å². The Labute approximate surface area is 148 Å². The third-order valence-electron chi connectivity index (χ3n) is 3.63. The van der Waals surface area contributed by atoms with Crippen LogP contribution in [0.15, 0.2) is 65.5 Å². The van der Waals surface area contributed by atoms with E-state index in [1.165, 1.54) is 0 Å². The van der Waals surface area contributed by atoms with Gasteiger partial charge >= 0.3 is 0 Å². The summed E-state index contributed by atoms with van der Waals surface area (Å²) in [6.45, 7) is 0. The fourth-order valence-corrected chi connectivity index (χ4v) is 2.39. The first-order valence-corrected chi connectivity index (χ1v) is 7.84. The number of anilines is 1. The van der Waals surface area contributed by atoms with E-state index >= 15 is 0 Å². The quantitative estimate of drug-likeness (QED) is 0.575. The molecule has 0 saturated carbocycles. The minimum absolute atomic E-state index is 0.270. The van der Waals surface area contributed by atoms with Gasteiger partial charge in [-0.05, 0) is 36.4 Å². The van der Waals surface area contributed by atoms with E-state index in [4.69, 9.17) is 9.15 Å². The molecule has 1 aromatic carbocycles. The van der Waals surface area contributed by atoms with Crippen molar-refractivity contribution in [2.75, 3.05) is 5.32 Å². The third kappa shape index (κ3) is 3.34. The topological polar surface area (TPSA) is 98.0 Å². The summed E-state index contributed by atoms with van der Waals surface area (Å²) in [5.41, 5.74) is 1.54. The van der Waals surface area contributed by atoms with Crippen LogP contribution < -0.4 is 10.1 Å². The number of furan rings is 1. The zero-order chi connectivity index (χ0) is 17.9. The minimum atomic E-state index is -0.319. The first-order valence-electron chi connectivity index (χ1n) is 7.84. The van der Waals surface area contributed by atoms with E-state index in [9.17, 15) is 4.79 Å². The van der Waals surface area contributed by atoms with Crippen LogP contribution in [-0.2, 0) is 7.05 Å². The summed E-state index contributed by atoms with van der Waals surface area (Å²) in [6, 6.07) is 12.2. The standard InChI is InChI=1S/C18H15N5O3/c1-23-11-14(10-19-23)26-13-6-4-12(5-7-13)20-18(24)16-9-15(21-22-16)17-3-2-8-25-17/h2-11H,1H3,(H,20,24)(H,21,22). The molecule has 0 atom stereocenters. The van der Waals surface area contributed by atoms with E-state index in [0.29, 0.717) is 28.6 Å². The number of nitrogens with one attached hydrogen (secondary N) is 2. The molecule has 0 fully saturated rings. The minimum Gasteiger partial charge on any atom is -0.463 e. The lowest BCUT2D eigenvalue weighted by Gasteiger charge is -2.05. The molecular formula is C18H15N5O3. The first kappa shape index (κ1) is 15.7. The van der Waals surface area contributed by atoms with Crippen LogP contribution >= 0.6 is 0 Å². The van der Waals surface area contributed by atoms with E-state index < -0.39 is 0 Å². The third-order valence-corrected chi connectivity index (χ3v) is 3.63. The van der Waals surface area contributed by atoms with E-state index in [1.54, 1.807) is 65.8 Å². The molecule has 0 spiro atoms. The Hall–Kier alpha value is -3.81. The second kappa shape index (κ2) is 6.60. The van der Waals surface area contributed by atoms with Crippen molar-refractivity contribution >= 4 is 11.6 Å². The van der Waals surface area contributed by atoms with Crippen LogP contribution in [0.4, 0.5) is 5.69 Å². The number of carbonyl (C=O) groups is 1. The molecule has 4 aromatic rings. The molecule has 2 N–H and O–H groups in total. The molecule has 4 rings (SSSR count). The van der Waals surface area contributed by atoms with Crippen LogP contribution in [0.2, 0.25) is 0 Å². The van der Waals surface area contributed by atoms with Crippen molar-refractivity contribution in [2.24, 2.45) is 7.05 Å². The van der Waals surface area contributed by atoms with Crippen LogP contribution in [-0.4, -0.2) is 25.9 Å². The number of hydrogen-bond donors (Lipinski definition) is 2. The monoisotopic (exact) mass is 349 g/mol. The molecular weight excluding hydrogens is 334 g/mol. The van der Waals surface area contributed by atoms with Gasteiger partial charge in [-0.25, -0.2) is 0 Å². The summed E-state index contributed by atoms with van der Waals surface area (Å²) < 4.78 is 12.6. The maximum absolute atomic E-state index is 12.3. The molecule has 0 aliphatic heterocycles. The number of rotatable bonds is 5. The Kier molecular flexibility index (Phi) is 3.98. The lowest BCUT2D eigenvalue weighted by Crippen LogP contribution is -2.12. The number of aromatic amines is 1. The van der Waals surface area contributed by atoms with Gasteiger partial charge in [0.1, 0.15) is 11.4 Å². The van der Waals surface area contributed by atoms with Gasteiger partial charge in [0.15, 0.2) is 17.2 Å². The van der Waals surface area contributed by atoms with Crippen molar-refractivity contribution in [1.82, 2.24) is 20.0 Å². The van der Waals surface area contributed by atoms with Crippen LogP contribution in [0, 0.1) is 0 Å². The number of nitrogens with zero attached hydrogens (tertiary/aromatic N) is 3. The molecule has 0 aliphatic carbocycles. The lowest BCUT2D eigenvalue weighted by atomic mass is 10.2. The molecule has 3 heterocycles. The average Bonchev–Trinajstić information content (AvgIpc) is 3.37. The van der Waals surface area contributed by atoms with Gasteiger partial charge in [-0.1, -0.05) is 0 Å². The number of amides is 1. The second-order valence-electron chi connectivity index (χ2n) is 5.57. The summed E-state index contributed by atoms with van der Waals surface area (Å²) in [4.78, 5) is 12.3. The molecule has 0 bridgehead atoms. The SMILES string of the molecule is Cn1cc(Oc2ccc(NC(=O)c3cc(-c4ccco4)[nH]n3)cc2)cn1. The fourth-order valence-electron chi connectivity index (χ4n) is 2.39. The summed E-state index contributed by atoms with van der Waals surface area (Å²) in [5, 5.41) is 13.6. The summed E-state index contributed by atoms with van der Waals surface area (Å²) in [7, 11) is 1.82. The number of aromatic nitrogens is 4. The number of hydrogen-bond acceptors (Lipinski definition) is 5. The molecule has 0 radical (unpaired) electrons. The molecule has 0 saturated heterocycles. The van der Waals surface area contributed by atoms with Crippen molar-refractivity contribution in [3.63, 3.8) is 0 Å². The zero-order valence-corrected chi connectivity index (χ0v) is 13.8. The molecule has 8 heteroatoms. The van der Waals surface area contributed by atoms with Gasteiger partial charge in [-0.2, -0.15) is 10.2 Å². The normalized spacial score (nSPS) is 10.7. The number of ether oxygens (including phenoxy) is 1. The predicted octanol–water partition coefficient (Wildman–Crippen LogP) is 3.45. The average molecular weight is 349 g/mol. The number of H-pyrrole nitrogens is 1. The van der Waals surface area contributed by atoms with Crippen LogP contribution in [0.3, 0.4) is 0 Å². The Bertz CT molecular complexity index is 1020. The molecule has 26 heavy (non-hydrogen) atoms. The van der Waals surface area contributed by atoms with Crippen molar-refractivity contribution in [1.29, 1.82) is 0 Å². The highest BCUT2D eigenvalue weighted by Gasteiger charge is 2.13. The van der Waals surface area contributed by atoms with E-state index in [0.717, 1.165) is 0 Å². The Morgan fingerprint density at radius 1 is 1.23 bits per heavy atom. The summed E-state index contributed by atoms with van der Waals surface area (Å²) >= 11 is 0. The molecule has 130 valence electrons. The highest BCUT2D eigenvalue weighted by Crippen LogP contribution is 2.23. The number of benzene rings is 1. The van der Waals surface area contributed by atoms with Gasteiger partial charge in [0.2, 0.25) is 0 Å². The van der Waals surface area contributed by atoms with Gasteiger partial charge in [-0.15, -0.1) is 0 Å². The van der Waals surface area contributed by atoms with E-state index in [-0.39, 0.29) is 11.6 Å². The van der Waals surface area contributed by atoms with E-state index in [1.807, 2.05) is 7.05 Å². The van der Waals surface area contributed by atoms with Crippen molar-refractivity contribution in [2.45, 2.75) is 0 Å². The number of aryl methyl sites for hydroxylation is 1. The predicted molar refractivity (Wildman–Crippen MR) is 94.0 cm³/mol. The van der Waals surface area contributed by atoms with Gasteiger partial charge in [-0.3, -0.25) is 14.6 Å². The Morgan fingerprint density at radius 3 is 2.77 bits per heavy atom. The summed E-state index contributed by atoms with van der Waals surface area (Å²) in [6.07, 6.45) is 4.96. The summed E-state index contributed by atoms with van der Waals surface area (Å²) in [5.74, 6) is 1.59.